The molecule has 0 bridgehead atoms. The van der Waals surface area contributed by atoms with Crippen LogP contribution >= 0.6 is 0 Å². The van der Waals surface area contributed by atoms with Crippen molar-refractivity contribution in [3.05, 3.63) is 89.0 Å². The first-order valence-corrected chi connectivity index (χ1v) is 12.2. The molecule has 192 valence electrons. The Morgan fingerprint density at radius 2 is 1.76 bits per heavy atom. The summed E-state index contributed by atoms with van der Waals surface area (Å²) in [5.41, 5.74) is 2.44. The molecule has 1 atom stereocenters. The van der Waals surface area contributed by atoms with E-state index in [0.29, 0.717) is 40.7 Å². The van der Waals surface area contributed by atoms with Gasteiger partial charge in [-0.2, -0.15) is 0 Å². The second-order valence-corrected chi connectivity index (χ2v) is 9.05. The Labute approximate surface area is 216 Å². The zero-order valence-corrected chi connectivity index (χ0v) is 21.6. The van der Waals surface area contributed by atoms with Crippen molar-refractivity contribution in [2.75, 3.05) is 18.6 Å². The minimum Gasteiger partial charge on any atom is -0.507 e. The summed E-state index contributed by atoms with van der Waals surface area (Å²) < 4.78 is 17.0. The first kappa shape index (κ1) is 25.8. The number of amides is 1. The number of rotatable bonds is 8. The van der Waals surface area contributed by atoms with Crippen molar-refractivity contribution >= 4 is 23.1 Å². The molecule has 1 fully saturated rings. The molecule has 3 aromatic rings. The Hall–Kier alpha value is -4.26. The zero-order chi connectivity index (χ0) is 26.7. The van der Waals surface area contributed by atoms with Gasteiger partial charge in [-0.25, -0.2) is 0 Å². The van der Waals surface area contributed by atoms with Crippen LogP contribution in [0.5, 0.6) is 17.2 Å². The number of ketones is 1. The van der Waals surface area contributed by atoms with E-state index in [1.807, 2.05) is 45.9 Å². The molecule has 7 heteroatoms. The number of aliphatic hydroxyl groups is 1. The highest BCUT2D eigenvalue weighted by molar-refractivity contribution is 6.51. The van der Waals surface area contributed by atoms with Crippen molar-refractivity contribution in [2.45, 2.75) is 39.8 Å². The van der Waals surface area contributed by atoms with E-state index in [2.05, 4.69) is 0 Å². The van der Waals surface area contributed by atoms with Crippen LogP contribution in [0.25, 0.3) is 5.76 Å². The number of carbonyl (C=O) groups is 2. The van der Waals surface area contributed by atoms with E-state index in [4.69, 9.17) is 14.2 Å². The average Bonchev–Trinajstić information content (AvgIpc) is 3.14. The minimum absolute atomic E-state index is 0.0144. The molecule has 3 aromatic carbocycles. The maximum absolute atomic E-state index is 13.5. The SMILES string of the molecule is CCOc1ccc(C2/C(=C(/O)c3cccc(OC(C)C)c3)C(=O)C(=O)N2c2cccc(C)c2)cc1OC. The topological polar surface area (TPSA) is 85.3 Å². The number of nitrogens with zero attached hydrogens (tertiary/aromatic N) is 1. The van der Waals surface area contributed by atoms with Gasteiger partial charge in [0.15, 0.2) is 11.5 Å². The molecule has 1 aliphatic rings. The normalized spacial score (nSPS) is 16.8. The predicted octanol–water partition coefficient (Wildman–Crippen LogP) is 5.82. The Balaban J connectivity index is 1.93. The van der Waals surface area contributed by atoms with E-state index in [1.54, 1.807) is 48.5 Å². The first-order chi connectivity index (χ1) is 17.7. The van der Waals surface area contributed by atoms with Crippen molar-refractivity contribution in [1.29, 1.82) is 0 Å². The van der Waals surface area contributed by atoms with Crippen LogP contribution in [0.4, 0.5) is 5.69 Å². The number of aryl methyl sites for hydroxylation is 1. The fraction of sp³-hybridized carbons (Fsp3) is 0.267. The zero-order valence-electron chi connectivity index (χ0n) is 21.6. The molecule has 37 heavy (non-hydrogen) atoms. The summed E-state index contributed by atoms with van der Waals surface area (Å²) in [5.74, 6) is -0.222. The Bertz CT molecular complexity index is 1360. The van der Waals surface area contributed by atoms with Gasteiger partial charge in [-0.05, 0) is 75.2 Å². The van der Waals surface area contributed by atoms with Crippen LogP contribution in [0.15, 0.2) is 72.3 Å². The number of Topliss-reactive ketones (excluding diaryl/α,β-unsaturated/α-hetero) is 1. The second-order valence-electron chi connectivity index (χ2n) is 9.05. The molecule has 0 radical (unpaired) electrons. The van der Waals surface area contributed by atoms with E-state index in [1.165, 1.54) is 12.0 Å². The van der Waals surface area contributed by atoms with Gasteiger partial charge in [-0.15, -0.1) is 0 Å². The maximum atomic E-state index is 13.5. The number of hydrogen-bond donors (Lipinski definition) is 1. The summed E-state index contributed by atoms with van der Waals surface area (Å²) >= 11 is 0. The molecule has 0 aliphatic carbocycles. The molecule has 1 aliphatic heterocycles. The molecule has 0 spiro atoms. The molecule has 0 aromatic heterocycles. The molecule has 1 N–H and O–H groups in total. The quantitative estimate of drug-likeness (QED) is 0.238. The van der Waals surface area contributed by atoms with Gasteiger partial charge < -0.3 is 19.3 Å². The Kier molecular flexibility index (Phi) is 7.53. The lowest BCUT2D eigenvalue weighted by Gasteiger charge is -2.26. The second kappa shape index (κ2) is 10.8. The Morgan fingerprint density at radius 1 is 1.00 bits per heavy atom. The smallest absolute Gasteiger partial charge is 0.300 e. The van der Waals surface area contributed by atoms with E-state index < -0.39 is 17.7 Å². The number of aliphatic hydroxyl groups excluding tert-OH is 1. The van der Waals surface area contributed by atoms with Gasteiger partial charge in [0.1, 0.15) is 11.5 Å². The predicted molar refractivity (Wildman–Crippen MR) is 142 cm³/mol. The van der Waals surface area contributed by atoms with Gasteiger partial charge in [0.05, 0.1) is 31.4 Å². The number of methoxy groups -OCH3 is 1. The molecular formula is C30H31NO6. The number of benzene rings is 3. The molecule has 1 amide bonds. The largest absolute Gasteiger partial charge is 0.507 e. The van der Waals surface area contributed by atoms with Crippen molar-refractivity contribution in [3.8, 4) is 17.2 Å². The molecular weight excluding hydrogens is 470 g/mol. The van der Waals surface area contributed by atoms with Crippen molar-refractivity contribution in [3.63, 3.8) is 0 Å². The fourth-order valence-corrected chi connectivity index (χ4v) is 4.47. The molecule has 4 rings (SSSR count). The summed E-state index contributed by atoms with van der Waals surface area (Å²) in [6.45, 7) is 8.04. The van der Waals surface area contributed by atoms with Crippen LogP contribution in [0.3, 0.4) is 0 Å². The monoisotopic (exact) mass is 501 g/mol. The van der Waals surface area contributed by atoms with Crippen molar-refractivity contribution in [1.82, 2.24) is 0 Å². The van der Waals surface area contributed by atoms with Gasteiger partial charge in [-0.1, -0.05) is 30.3 Å². The van der Waals surface area contributed by atoms with E-state index >= 15 is 0 Å². The molecule has 1 unspecified atom stereocenters. The van der Waals surface area contributed by atoms with Crippen LogP contribution in [0, 0.1) is 6.92 Å². The third kappa shape index (κ3) is 5.16. The number of anilines is 1. The molecule has 7 nitrogen and oxygen atoms in total. The minimum atomic E-state index is -0.888. The van der Waals surface area contributed by atoms with E-state index in [-0.39, 0.29) is 17.4 Å². The highest BCUT2D eigenvalue weighted by Crippen LogP contribution is 2.44. The Morgan fingerprint density at radius 3 is 2.43 bits per heavy atom. The van der Waals surface area contributed by atoms with Crippen LogP contribution in [0.1, 0.15) is 43.5 Å². The third-order valence-corrected chi connectivity index (χ3v) is 6.01. The van der Waals surface area contributed by atoms with Crippen LogP contribution < -0.4 is 19.1 Å². The summed E-state index contributed by atoms with van der Waals surface area (Å²) in [6.07, 6.45) is -0.0689. The van der Waals surface area contributed by atoms with Crippen molar-refractivity contribution in [2.24, 2.45) is 0 Å². The average molecular weight is 502 g/mol. The summed E-state index contributed by atoms with van der Waals surface area (Å²) in [4.78, 5) is 28.3. The lowest BCUT2D eigenvalue weighted by molar-refractivity contribution is -0.132. The molecule has 0 saturated carbocycles. The van der Waals surface area contributed by atoms with Crippen LogP contribution in [-0.2, 0) is 9.59 Å². The fourth-order valence-electron chi connectivity index (χ4n) is 4.47. The highest BCUT2D eigenvalue weighted by Gasteiger charge is 2.47. The number of carbonyl (C=O) groups excluding carboxylic acids is 2. The standard InChI is InChI=1S/C30H31NO6/c1-6-36-24-14-13-20(17-25(24)35-5)27-26(28(32)21-10-8-12-23(16-21)37-18(2)3)29(33)30(34)31(27)22-11-7-9-19(4)15-22/h7-18,27,32H,6H2,1-5H3/b28-26-. The first-order valence-electron chi connectivity index (χ1n) is 12.2. The summed E-state index contributed by atoms with van der Waals surface area (Å²) in [5, 5.41) is 11.5. The van der Waals surface area contributed by atoms with Crippen LogP contribution in [0.2, 0.25) is 0 Å². The van der Waals surface area contributed by atoms with Gasteiger partial charge in [0.2, 0.25) is 0 Å². The van der Waals surface area contributed by atoms with Crippen LogP contribution in [-0.4, -0.2) is 36.6 Å². The van der Waals surface area contributed by atoms with E-state index in [0.717, 1.165) is 5.56 Å². The number of hydrogen-bond acceptors (Lipinski definition) is 6. The third-order valence-electron chi connectivity index (χ3n) is 6.01. The van der Waals surface area contributed by atoms with Gasteiger partial charge in [-0.3, -0.25) is 14.5 Å². The van der Waals surface area contributed by atoms with Gasteiger partial charge in [0.25, 0.3) is 11.7 Å². The van der Waals surface area contributed by atoms with Crippen molar-refractivity contribution < 1.29 is 28.9 Å². The highest BCUT2D eigenvalue weighted by atomic mass is 16.5. The maximum Gasteiger partial charge on any atom is 0.300 e. The van der Waals surface area contributed by atoms with E-state index in [9.17, 15) is 14.7 Å². The lowest BCUT2D eigenvalue weighted by atomic mass is 9.94. The van der Waals surface area contributed by atoms with Gasteiger partial charge >= 0.3 is 0 Å². The molecule has 1 saturated heterocycles. The summed E-state index contributed by atoms with van der Waals surface area (Å²) in [6, 6.07) is 18.6. The summed E-state index contributed by atoms with van der Waals surface area (Å²) in [7, 11) is 1.53. The lowest BCUT2D eigenvalue weighted by Crippen LogP contribution is -2.29. The van der Waals surface area contributed by atoms with Gasteiger partial charge in [0, 0.05) is 11.3 Å². The number of ether oxygens (including phenoxy) is 3. The molecule has 1 heterocycles.